The van der Waals surface area contributed by atoms with Crippen LogP contribution in [0.5, 0.6) is 11.5 Å². The van der Waals surface area contributed by atoms with Gasteiger partial charge in [0.15, 0.2) is 11.5 Å². The minimum absolute atomic E-state index is 0.0250. The Morgan fingerprint density at radius 1 is 0.932 bits per heavy atom. The van der Waals surface area contributed by atoms with Crippen molar-refractivity contribution >= 4 is 63.8 Å². The van der Waals surface area contributed by atoms with Gasteiger partial charge in [0.05, 0.1) is 29.7 Å². The summed E-state index contributed by atoms with van der Waals surface area (Å²) in [6.07, 6.45) is 0.827. The number of thiazole rings is 1. The molecule has 2 aliphatic heterocycles. The molecule has 3 fully saturated rings. The van der Waals surface area contributed by atoms with Crippen molar-refractivity contribution in [2.75, 3.05) is 12.0 Å². The van der Waals surface area contributed by atoms with Crippen LogP contribution in [0.1, 0.15) is 28.3 Å². The Labute approximate surface area is 271 Å². The molecule has 1 saturated heterocycles. The molecule has 4 aromatic rings. The minimum Gasteiger partial charge on any atom is -0.493 e. The van der Waals surface area contributed by atoms with Crippen molar-refractivity contribution in [3.05, 3.63) is 102 Å². The third-order valence-electron chi connectivity index (χ3n) is 9.68. The Hall–Kier alpha value is -3.24. The monoisotopic (exact) mass is 664 g/mol. The van der Waals surface area contributed by atoms with Crippen molar-refractivity contribution in [1.82, 2.24) is 4.98 Å². The van der Waals surface area contributed by atoms with Crippen LogP contribution in [0.2, 0.25) is 10.0 Å². The highest BCUT2D eigenvalue weighted by atomic mass is 35.5. The number of para-hydroxylation sites is 1. The number of thioether (sulfide) groups is 1. The first-order valence-corrected chi connectivity index (χ1v) is 16.9. The van der Waals surface area contributed by atoms with E-state index in [-0.39, 0.29) is 64.1 Å². The second-order valence-electron chi connectivity index (χ2n) is 11.7. The topological polar surface area (TPSA) is 88.7 Å². The van der Waals surface area contributed by atoms with Crippen LogP contribution >= 0.6 is 46.3 Å². The fraction of sp³-hybridized carbons (Fsp3) is 0.303. The number of hydrogen-bond donors (Lipinski definition) is 1. The summed E-state index contributed by atoms with van der Waals surface area (Å²) in [7, 11) is 1.60. The van der Waals surface area contributed by atoms with Crippen LogP contribution in [0.15, 0.2) is 76.6 Å². The lowest BCUT2D eigenvalue weighted by atomic mass is 9.68. The quantitative estimate of drug-likeness (QED) is 0.223. The minimum atomic E-state index is -0.358. The fourth-order valence-corrected chi connectivity index (χ4v) is 11.4. The van der Waals surface area contributed by atoms with Gasteiger partial charge in [-0.1, -0.05) is 64.9 Å². The molecule has 0 radical (unpaired) electrons. The van der Waals surface area contributed by atoms with Gasteiger partial charge in [0, 0.05) is 31.7 Å². The van der Waals surface area contributed by atoms with E-state index in [1.165, 1.54) is 16.2 Å². The zero-order chi connectivity index (χ0) is 30.3. The maximum absolute atomic E-state index is 13.9. The number of carbonyl (C=O) groups excluding carboxylic acids is 2. The highest BCUT2D eigenvalue weighted by Crippen LogP contribution is 2.68. The summed E-state index contributed by atoms with van der Waals surface area (Å²) in [6.45, 7) is 0.237. The summed E-state index contributed by atoms with van der Waals surface area (Å²) in [6, 6.07) is 20.4. The molecule has 7 nitrogen and oxygen atoms in total. The third kappa shape index (κ3) is 4.27. The number of halogens is 2. The van der Waals surface area contributed by atoms with Crippen molar-refractivity contribution in [3.63, 3.8) is 0 Å². The van der Waals surface area contributed by atoms with Gasteiger partial charge in [-0.3, -0.25) is 19.3 Å². The smallest absolute Gasteiger partial charge is 0.305 e. The van der Waals surface area contributed by atoms with E-state index < -0.39 is 0 Å². The van der Waals surface area contributed by atoms with Gasteiger partial charge >= 0.3 is 4.87 Å². The molecule has 11 heteroatoms. The maximum atomic E-state index is 13.9. The number of aromatic nitrogens is 1. The second-order valence-corrected chi connectivity index (χ2v) is 14.8. The molecule has 2 bridgehead atoms. The van der Waals surface area contributed by atoms with Crippen LogP contribution in [0, 0.1) is 29.6 Å². The largest absolute Gasteiger partial charge is 0.493 e. The molecule has 1 N–H and O–H groups in total. The number of carbonyl (C=O) groups is 2. The van der Waals surface area contributed by atoms with Gasteiger partial charge in [-0.15, -0.1) is 11.8 Å². The van der Waals surface area contributed by atoms with Crippen molar-refractivity contribution in [3.8, 4) is 11.5 Å². The lowest BCUT2D eigenvalue weighted by molar-refractivity contribution is -0.123. The van der Waals surface area contributed by atoms with Gasteiger partial charge in [0.2, 0.25) is 11.8 Å². The molecule has 44 heavy (non-hydrogen) atoms. The molecule has 3 aromatic carbocycles. The normalized spacial score (nSPS) is 28.2. The summed E-state index contributed by atoms with van der Waals surface area (Å²) in [5, 5.41) is 2.04. The summed E-state index contributed by atoms with van der Waals surface area (Å²) >= 11 is 15.3. The Morgan fingerprint density at radius 2 is 1.70 bits per heavy atom. The van der Waals surface area contributed by atoms with Crippen molar-refractivity contribution in [2.24, 2.45) is 29.6 Å². The lowest BCUT2D eigenvalue weighted by Gasteiger charge is -2.43. The molecule has 2 amide bonds. The standard InChI is InChI=1S/C33H26Cl2N2O5S2/c1-41-23-11-15(8-10-22(23)42-14-16-7-9-17(34)12-21(16)35)24-25-19-13-20(28(25)43-30-29(24)44-33(40)36-30)27-26(19)31(38)37(32(27)39)18-5-3-2-4-6-18/h2-12,19-20,24-28H,13-14H2,1H3,(H,36,40)/t19-,20-,24?,25?,26?,27?,28?/m1/s1. The SMILES string of the molecule is COc1cc(C2c3sc(=O)[nH]c3SC3C2[C@H]2C[C@@H]3C3C(=O)N(c4ccccc4)C(=O)C32)ccc1OCc1ccc(Cl)cc1Cl. The Balaban J connectivity index is 1.15. The summed E-state index contributed by atoms with van der Waals surface area (Å²) in [4.78, 5) is 45.7. The van der Waals surface area contributed by atoms with E-state index in [1.807, 2.05) is 54.6 Å². The van der Waals surface area contributed by atoms with Crippen molar-refractivity contribution in [1.29, 1.82) is 0 Å². The molecular weight excluding hydrogens is 639 g/mol. The van der Waals surface area contributed by atoms with E-state index >= 15 is 0 Å². The third-order valence-corrected chi connectivity index (χ3v) is 12.9. The number of nitrogens with zero attached hydrogens (tertiary/aromatic N) is 1. The van der Waals surface area contributed by atoms with Gasteiger partial charge < -0.3 is 14.5 Å². The number of H-pyrrole nitrogens is 1. The number of fused-ring (bicyclic) bond motifs is 9. The van der Waals surface area contributed by atoms with Gasteiger partial charge in [0.25, 0.3) is 0 Å². The van der Waals surface area contributed by atoms with E-state index in [2.05, 4.69) is 4.98 Å². The van der Waals surface area contributed by atoms with Crippen molar-refractivity contribution < 1.29 is 19.1 Å². The number of methoxy groups -OCH3 is 1. The molecule has 2 saturated carbocycles. The molecule has 8 rings (SSSR count). The Morgan fingerprint density at radius 3 is 2.45 bits per heavy atom. The number of ether oxygens (including phenoxy) is 2. The van der Waals surface area contributed by atoms with Gasteiger partial charge in [-0.25, -0.2) is 0 Å². The molecule has 7 atom stereocenters. The molecule has 224 valence electrons. The van der Waals surface area contributed by atoms with Crippen LogP contribution in [0.4, 0.5) is 5.69 Å². The Kier molecular flexibility index (Phi) is 6.86. The average Bonchev–Trinajstić information content (AvgIpc) is 3.76. The maximum Gasteiger partial charge on any atom is 0.305 e. The van der Waals surface area contributed by atoms with E-state index in [9.17, 15) is 14.4 Å². The lowest BCUT2D eigenvalue weighted by Crippen LogP contribution is -2.42. The molecule has 2 aliphatic carbocycles. The van der Waals surface area contributed by atoms with Crippen LogP contribution in [-0.2, 0) is 16.2 Å². The molecule has 1 aromatic heterocycles. The zero-order valence-corrected chi connectivity index (χ0v) is 26.5. The molecule has 0 spiro atoms. The molecule has 4 aliphatic rings. The summed E-state index contributed by atoms with van der Waals surface area (Å²) < 4.78 is 11.9. The second kappa shape index (κ2) is 10.7. The fourth-order valence-electron chi connectivity index (χ4n) is 8.01. The highest BCUT2D eigenvalue weighted by molar-refractivity contribution is 8.00. The zero-order valence-electron chi connectivity index (χ0n) is 23.4. The number of imide groups is 1. The first-order valence-electron chi connectivity index (χ1n) is 14.4. The van der Waals surface area contributed by atoms with E-state index in [4.69, 9.17) is 32.7 Å². The Bertz CT molecular complexity index is 1880. The van der Waals surface area contributed by atoms with Gasteiger partial charge in [-0.05, 0) is 66.1 Å². The van der Waals surface area contributed by atoms with E-state index in [0.29, 0.717) is 27.2 Å². The van der Waals surface area contributed by atoms with Gasteiger partial charge in [-0.2, -0.15) is 0 Å². The first kappa shape index (κ1) is 28.2. The van der Waals surface area contributed by atoms with Crippen LogP contribution in [0.3, 0.4) is 0 Å². The van der Waals surface area contributed by atoms with Crippen LogP contribution in [-0.4, -0.2) is 29.2 Å². The van der Waals surface area contributed by atoms with Crippen LogP contribution < -0.4 is 19.2 Å². The number of nitrogens with one attached hydrogen (secondary N) is 1. The molecule has 5 unspecified atom stereocenters. The van der Waals surface area contributed by atoms with E-state index in [0.717, 1.165) is 27.5 Å². The number of anilines is 1. The number of amides is 2. The highest BCUT2D eigenvalue weighted by Gasteiger charge is 2.69. The average molecular weight is 666 g/mol. The van der Waals surface area contributed by atoms with Crippen molar-refractivity contribution in [2.45, 2.75) is 29.2 Å². The van der Waals surface area contributed by atoms with Gasteiger partial charge in [0.1, 0.15) is 6.61 Å². The molecular formula is C33H26Cl2N2O5S2. The number of hydrogen-bond acceptors (Lipinski definition) is 7. The summed E-state index contributed by atoms with van der Waals surface area (Å²) in [5.74, 6) is 0.279. The molecule has 3 heterocycles. The number of aromatic amines is 1. The number of rotatable bonds is 6. The van der Waals surface area contributed by atoms with Crippen LogP contribution in [0.25, 0.3) is 0 Å². The van der Waals surface area contributed by atoms with E-state index in [1.54, 1.807) is 31.0 Å². The predicted molar refractivity (Wildman–Crippen MR) is 171 cm³/mol. The first-order chi connectivity index (χ1) is 21.3. The predicted octanol–water partition coefficient (Wildman–Crippen LogP) is 7.01. The number of benzene rings is 3. The summed E-state index contributed by atoms with van der Waals surface area (Å²) in [5.41, 5.74) is 2.42.